The van der Waals surface area contributed by atoms with Gasteiger partial charge in [0.05, 0.1) is 5.69 Å². The molecule has 0 radical (unpaired) electrons. The summed E-state index contributed by atoms with van der Waals surface area (Å²) in [6.45, 7) is 6.38. The number of rotatable bonds is 5. The van der Waals surface area contributed by atoms with Gasteiger partial charge < -0.3 is 9.88 Å². The van der Waals surface area contributed by atoms with E-state index in [0.29, 0.717) is 6.04 Å². The van der Waals surface area contributed by atoms with Gasteiger partial charge in [-0.15, -0.1) is 0 Å². The van der Waals surface area contributed by atoms with Gasteiger partial charge in [-0.2, -0.15) is 0 Å². The molecule has 1 aromatic carbocycles. The Kier molecular flexibility index (Phi) is 5.05. The van der Waals surface area contributed by atoms with E-state index in [0.717, 1.165) is 25.3 Å². The van der Waals surface area contributed by atoms with Gasteiger partial charge in [0.25, 0.3) is 0 Å². The summed E-state index contributed by atoms with van der Waals surface area (Å²) in [5.74, 6) is 0. The first-order valence-electron chi connectivity index (χ1n) is 9.61. The van der Waals surface area contributed by atoms with E-state index < -0.39 is 0 Å². The van der Waals surface area contributed by atoms with Crippen LogP contribution in [0.15, 0.2) is 48.7 Å². The number of aryl methyl sites for hydroxylation is 1. The summed E-state index contributed by atoms with van der Waals surface area (Å²) in [5, 5.41) is 5.20. The molecule has 0 bridgehead atoms. The summed E-state index contributed by atoms with van der Waals surface area (Å²) in [6.07, 6.45) is 4.39. The zero-order chi connectivity index (χ0) is 17.9. The Morgan fingerprint density at radius 2 is 2.00 bits per heavy atom. The highest BCUT2D eigenvalue weighted by Crippen LogP contribution is 2.25. The van der Waals surface area contributed by atoms with Gasteiger partial charge in [-0.1, -0.05) is 24.3 Å². The van der Waals surface area contributed by atoms with Gasteiger partial charge in [0, 0.05) is 55.5 Å². The lowest BCUT2D eigenvalue weighted by Gasteiger charge is -2.33. The van der Waals surface area contributed by atoms with Crippen LogP contribution in [0.5, 0.6) is 0 Å². The topological polar surface area (TPSA) is 33.1 Å². The summed E-state index contributed by atoms with van der Waals surface area (Å²) in [5.41, 5.74) is 5.28. The molecule has 1 atom stereocenters. The molecule has 1 saturated heterocycles. The summed E-state index contributed by atoms with van der Waals surface area (Å²) in [6, 6.07) is 15.4. The molecule has 0 amide bonds. The van der Waals surface area contributed by atoms with Crippen LogP contribution in [-0.4, -0.2) is 33.6 Å². The molecule has 1 fully saturated rings. The van der Waals surface area contributed by atoms with Gasteiger partial charge in [0.2, 0.25) is 0 Å². The van der Waals surface area contributed by atoms with Crippen LogP contribution >= 0.6 is 0 Å². The molecule has 0 saturated carbocycles. The first-order valence-corrected chi connectivity index (χ1v) is 9.61. The van der Waals surface area contributed by atoms with E-state index in [1.807, 2.05) is 12.3 Å². The molecule has 3 heterocycles. The summed E-state index contributed by atoms with van der Waals surface area (Å²) in [4.78, 5) is 7.00. The zero-order valence-electron chi connectivity index (χ0n) is 15.8. The molecule has 1 N–H and O–H groups in total. The Balaban J connectivity index is 1.41. The van der Waals surface area contributed by atoms with Crippen molar-refractivity contribution in [1.29, 1.82) is 0 Å². The maximum absolute atomic E-state index is 4.48. The smallest absolute Gasteiger partial charge is 0.0543 e. The monoisotopic (exact) mass is 348 g/mol. The number of hydrogen-bond donors (Lipinski definition) is 1. The Morgan fingerprint density at radius 3 is 2.85 bits per heavy atom. The number of para-hydroxylation sites is 1. The van der Waals surface area contributed by atoms with Crippen molar-refractivity contribution >= 4 is 10.9 Å². The van der Waals surface area contributed by atoms with Gasteiger partial charge in [-0.05, 0) is 50.1 Å². The van der Waals surface area contributed by atoms with Gasteiger partial charge >= 0.3 is 0 Å². The van der Waals surface area contributed by atoms with Gasteiger partial charge in [-0.3, -0.25) is 9.88 Å². The summed E-state index contributed by atoms with van der Waals surface area (Å²) in [7, 11) is 2.16. The van der Waals surface area contributed by atoms with Crippen molar-refractivity contribution in [3.63, 3.8) is 0 Å². The second kappa shape index (κ2) is 7.60. The molecule has 136 valence electrons. The lowest BCUT2D eigenvalue weighted by atomic mass is 10.0. The van der Waals surface area contributed by atoms with Crippen molar-refractivity contribution in [2.24, 2.45) is 7.05 Å². The Hall–Kier alpha value is -2.17. The van der Waals surface area contributed by atoms with Crippen molar-refractivity contribution in [1.82, 2.24) is 19.8 Å². The zero-order valence-corrected chi connectivity index (χ0v) is 15.8. The van der Waals surface area contributed by atoms with E-state index in [1.54, 1.807) is 0 Å². The molecule has 4 rings (SSSR count). The van der Waals surface area contributed by atoms with Gasteiger partial charge in [-0.25, -0.2) is 0 Å². The largest absolute Gasteiger partial charge is 0.348 e. The van der Waals surface area contributed by atoms with Gasteiger partial charge in [0.1, 0.15) is 0 Å². The van der Waals surface area contributed by atoms with E-state index in [2.05, 4.69) is 70.1 Å². The quantitative estimate of drug-likeness (QED) is 0.764. The van der Waals surface area contributed by atoms with Crippen LogP contribution in [0.1, 0.15) is 29.8 Å². The molecule has 0 aliphatic carbocycles. The standard InChI is InChI=1S/C22H28N4/c1-17-21(20-10-3-4-11-22(20)25(17)2)14-24-19-9-7-13-26(16-19)15-18-8-5-6-12-23-18/h3-6,8,10-12,19,24H,7,9,13-16H2,1-2H3. The number of nitrogens with zero attached hydrogens (tertiary/aromatic N) is 3. The number of benzene rings is 1. The first-order chi connectivity index (χ1) is 12.7. The molecule has 4 nitrogen and oxygen atoms in total. The highest BCUT2D eigenvalue weighted by molar-refractivity contribution is 5.85. The predicted molar refractivity (Wildman–Crippen MR) is 107 cm³/mol. The molecular formula is C22H28N4. The molecule has 26 heavy (non-hydrogen) atoms. The molecule has 0 spiro atoms. The Morgan fingerprint density at radius 1 is 1.15 bits per heavy atom. The molecule has 3 aromatic rings. The predicted octanol–water partition coefficient (Wildman–Crippen LogP) is 3.64. The van der Waals surface area contributed by atoms with E-state index in [4.69, 9.17) is 0 Å². The fourth-order valence-corrected chi connectivity index (χ4v) is 4.16. The number of likely N-dealkylation sites (tertiary alicyclic amines) is 1. The third kappa shape index (κ3) is 3.53. The van der Waals surface area contributed by atoms with E-state index >= 15 is 0 Å². The van der Waals surface area contributed by atoms with Crippen LogP contribution in [0.2, 0.25) is 0 Å². The Bertz CT molecular complexity index is 868. The second-order valence-electron chi connectivity index (χ2n) is 7.42. The average Bonchev–Trinajstić information content (AvgIpc) is 2.92. The highest BCUT2D eigenvalue weighted by Gasteiger charge is 2.21. The fraction of sp³-hybridized carbons (Fsp3) is 0.409. The van der Waals surface area contributed by atoms with Crippen molar-refractivity contribution < 1.29 is 0 Å². The van der Waals surface area contributed by atoms with Gasteiger partial charge in [0.15, 0.2) is 0 Å². The van der Waals surface area contributed by atoms with Crippen molar-refractivity contribution in [2.45, 2.75) is 38.9 Å². The normalized spacial score (nSPS) is 18.5. The lowest BCUT2D eigenvalue weighted by Crippen LogP contribution is -2.45. The van der Waals surface area contributed by atoms with E-state index in [1.165, 1.54) is 41.5 Å². The summed E-state index contributed by atoms with van der Waals surface area (Å²) >= 11 is 0. The molecule has 1 unspecified atom stereocenters. The third-order valence-electron chi connectivity index (χ3n) is 5.72. The number of pyridine rings is 1. The molecule has 2 aromatic heterocycles. The van der Waals surface area contributed by atoms with Crippen molar-refractivity contribution in [2.75, 3.05) is 13.1 Å². The summed E-state index contributed by atoms with van der Waals surface area (Å²) < 4.78 is 2.31. The Labute approximate surface area is 155 Å². The number of hydrogen-bond acceptors (Lipinski definition) is 3. The van der Waals surface area contributed by atoms with Crippen LogP contribution in [0, 0.1) is 6.92 Å². The molecule has 4 heteroatoms. The highest BCUT2D eigenvalue weighted by atomic mass is 15.2. The van der Waals surface area contributed by atoms with Crippen LogP contribution in [-0.2, 0) is 20.1 Å². The maximum Gasteiger partial charge on any atom is 0.0543 e. The third-order valence-corrected chi connectivity index (χ3v) is 5.72. The van der Waals surface area contributed by atoms with Crippen LogP contribution in [0.25, 0.3) is 10.9 Å². The number of fused-ring (bicyclic) bond motifs is 1. The first kappa shape index (κ1) is 17.3. The molecule has 1 aliphatic heterocycles. The maximum atomic E-state index is 4.48. The van der Waals surface area contributed by atoms with Crippen LogP contribution in [0.4, 0.5) is 0 Å². The average molecular weight is 348 g/mol. The van der Waals surface area contributed by atoms with Crippen LogP contribution in [0.3, 0.4) is 0 Å². The van der Waals surface area contributed by atoms with E-state index in [-0.39, 0.29) is 0 Å². The minimum absolute atomic E-state index is 0.547. The molecule has 1 aliphatic rings. The minimum Gasteiger partial charge on any atom is -0.348 e. The fourth-order valence-electron chi connectivity index (χ4n) is 4.16. The second-order valence-corrected chi connectivity index (χ2v) is 7.42. The number of piperidine rings is 1. The van der Waals surface area contributed by atoms with Crippen molar-refractivity contribution in [3.8, 4) is 0 Å². The SMILES string of the molecule is Cc1c(CNC2CCCN(Cc3ccccn3)C2)c2ccccc2n1C. The number of aromatic nitrogens is 2. The number of nitrogens with one attached hydrogen (secondary N) is 1. The molecular weight excluding hydrogens is 320 g/mol. The van der Waals surface area contributed by atoms with Crippen LogP contribution < -0.4 is 5.32 Å². The minimum atomic E-state index is 0.547. The van der Waals surface area contributed by atoms with Crippen molar-refractivity contribution in [3.05, 3.63) is 65.6 Å². The van der Waals surface area contributed by atoms with E-state index in [9.17, 15) is 0 Å². The lowest BCUT2D eigenvalue weighted by molar-refractivity contribution is 0.181.